The second-order valence-electron chi connectivity index (χ2n) is 4.86. The van der Waals surface area contributed by atoms with Crippen LogP contribution in [0.2, 0.25) is 0 Å². The molecular formula is C14H20F2N2O2. The number of hydrogen-bond donors (Lipinski definition) is 3. The second-order valence-corrected chi connectivity index (χ2v) is 4.86. The van der Waals surface area contributed by atoms with Crippen LogP contribution in [0.1, 0.15) is 31.9 Å². The molecule has 0 bridgehead atoms. The second kappa shape index (κ2) is 7.91. The van der Waals surface area contributed by atoms with Crippen molar-refractivity contribution in [3.05, 3.63) is 35.4 Å². The molecule has 1 atom stereocenters. The van der Waals surface area contributed by atoms with Crippen molar-refractivity contribution in [2.45, 2.75) is 32.4 Å². The lowest BCUT2D eigenvalue weighted by Crippen LogP contribution is -2.33. The van der Waals surface area contributed by atoms with E-state index in [1.165, 1.54) is 6.07 Å². The highest BCUT2D eigenvalue weighted by molar-refractivity contribution is 5.76. The Morgan fingerprint density at radius 1 is 1.35 bits per heavy atom. The first kappa shape index (κ1) is 16.5. The summed E-state index contributed by atoms with van der Waals surface area (Å²) in [4.78, 5) is 11.3. The van der Waals surface area contributed by atoms with Crippen LogP contribution in [0, 0.1) is 11.6 Å². The molecular weight excluding hydrogens is 266 g/mol. The van der Waals surface area contributed by atoms with E-state index in [0.29, 0.717) is 6.54 Å². The van der Waals surface area contributed by atoms with Crippen molar-refractivity contribution in [3.8, 4) is 0 Å². The molecule has 0 saturated carbocycles. The first-order chi connectivity index (χ1) is 9.40. The summed E-state index contributed by atoms with van der Waals surface area (Å²) in [6.45, 7) is 4.20. The zero-order valence-electron chi connectivity index (χ0n) is 11.6. The van der Waals surface area contributed by atoms with E-state index in [1.807, 2.05) is 13.8 Å². The van der Waals surface area contributed by atoms with E-state index in [4.69, 9.17) is 0 Å². The third-order valence-corrected chi connectivity index (χ3v) is 2.64. The van der Waals surface area contributed by atoms with Gasteiger partial charge >= 0.3 is 0 Å². The number of rotatable bonds is 7. The summed E-state index contributed by atoms with van der Waals surface area (Å²) in [6.07, 6.45) is -0.805. The van der Waals surface area contributed by atoms with Gasteiger partial charge in [-0.3, -0.25) is 4.79 Å². The molecule has 112 valence electrons. The van der Waals surface area contributed by atoms with E-state index in [2.05, 4.69) is 10.6 Å². The zero-order valence-corrected chi connectivity index (χ0v) is 11.6. The Balaban J connectivity index is 2.33. The van der Waals surface area contributed by atoms with Crippen molar-refractivity contribution < 1.29 is 18.7 Å². The number of carbonyl (C=O) groups is 1. The quantitative estimate of drug-likeness (QED) is 0.666. The lowest BCUT2D eigenvalue weighted by atomic mass is 10.1. The van der Waals surface area contributed by atoms with Crippen molar-refractivity contribution >= 4 is 5.91 Å². The predicted molar refractivity (Wildman–Crippen MR) is 72.1 cm³/mol. The van der Waals surface area contributed by atoms with Crippen molar-refractivity contribution in [2.24, 2.45) is 0 Å². The highest BCUT2D eigenvalue weighted by Crippen LogP contribution is 2.17. The van der Waals surface area contributed by atoms with E-state index in [9.17, 15) is 18.7 Å². The minimum absolute atomic E-state index is 0.0329. The van der Waals surface area contributed by atoms with Gasteiger partial charge in [0.05, 0.1) is 6.10 Å². The summed E-state index contributed by atoms with van der Waals surface area (Å²) < 4.78 is 26.1. The van der Waals surface area contributed by atoms with Crippen LogP contribution >= 0.6 is 0 Å². The van der Waals surface area contributed by atoms with Crippen LogP contribution in [0.4, 0.5) is 8.78 Å². The highest BCUT2D eigenvalue weighted by atomic mass is 19.1. The average molecular weight is 286 g/mol. The summed E-state index contributed by atoms with van der Waals surface area (Å²) in [5, 5.41) is 15.4. The van der Waals surface area contributed by atoms with Crippen LogP contribution < -0.4 is 10.6 Å². The molecule has 4 nitrogen and oxygen atoms in total. The van der Waals surface area contributed by atoms with Crippen LogP contribution in [-0.2, 0) is 4.79 Å². The Bertz CT molecular complexity index is 453. The van der Waals surface area contributed by atoms with Crippen molar-refractivity contribution in [2.75, 3.05) is 13.1 Å². The Morgan fingerprint density at radius 3 is 2.65 bits per heavy atom. The van der Waals surface area contributed by atoms with Crippen molar-refractivity contribution in [3.63, 3.8) is 0 Å². The van der Waals surface area contributed by atoms with E-state index >= 15 is 0 Å². The van der Waals surface area contributed by atoms with Gasteiger partial charge < -0.3 is 15.7 Å². The Labute approximate surface area is 117 Å². The van der Waals surface area contributed by atoms with Gasteiger partial charge in [0.2, 0.25) is 5.91 Å². The number of aliphatic hydroxyl groups is 1. The fourth-order valence-corrected chi connectivity index (χ4v) is 1.72. The molecule has 0 fully saturated rings. The monoisotopic (exact) mass is 286 g/mol. The first-order valence-corrected chi connectivity index (χ1v) is 6.53. The first-order valence-electron chi connectivity index (χ1n) is 6.53. The average Bonchev–Trinajstić information content (AvgIpc) is 2.33. The number of carbonyl (C=O) groups excluding carboxylic acids is 1. The van der Waals surface area contributed by atoms with Crippen molar-refractivity contribution in [1.29, 1.82) is 0 Å². The molecule has 0 aliphatic heterocycles. The van der Waals surface area contributed by atoms with Gasteiger partial charge in [0.25, 0.3) is 0 Å². The molecule has 0 spiro atoms. The van der Waals surface area contributed by atoms with Crippen LogP contribution in [0.25, 0.3) is 0 Å². The Morgan fingerprint density at radius 2 is 2.05 bits per heavy atom. The largest absolute Gasteiger partial charge is 0.387 e. The summed E-state index contributed by atoms with van der Waals surface area (Å²) >= 11 is 0. The van der Waals surface area contributed by atoms with Gasteiger partial charge in [-0.1, -0.05) is 6.07 Å². The smallest absolute Gasteiger partial charge is 0.221 e. The van der Waals surface area contributed by atoms with E-state index in [0.717, 1.165) is 12.1 Å². The summed E-state index contributed by atoms with van der Waals surface area (Å²) in [6, 6.07) is 3.12. The zero-order chi connectivity index (χ0) is 15.1. The molecule has 3 N–H and O–H groups in total. The molecule has 0 saturated heterocycles. The number of amides is 1. The highest BCUT2D eigenvalue weighted by Gasteiger charge is 2.13. The number of hydrogen-bond acceptors (Lipinski definition) is 3. The number of aliphatic hydroxyl groups excluding tert-OH is 1. The third-order valence-electron chi connectivity index (χ3n) is 2.64. The summed E-state index contributed by atoms with van der Waals surface area (Å²) in [5.41, 5.74) is 0.0329. The molecule has 6 heteroatoms. The lowest BCUT2D eigenvalue weighted by molar-refractivity contribution is -0.121. The Kier molecular flexibility index (Phi) is 6.54. The fraction of sp³-hybridized carbons (Fsp3) is 0.500. The van der Waals surface area contributed by atoms with Crippen LogP contribution in [-0.4, -0.2) is 30.1 Å². The summed E-state index contributed by atoms with van der Waals surface area (Å²) in [7, 11) is 0. The third kappa shape index (κ3) is 5.63. The van der Waals surface area contributed by atoms with Crippen LogP contribution in [0.5, 0.6) is 0 Å². The number of nitrogens with one attached hydrogen (secondary N) is 2. The maximum absolute atomic E-state index is 13.4. The molecule has 0 aromatic heterocycles. The number of benzene rings is 1. The standard InChI is InChI=1S/C14H20F2N2O2/c1-9(2)18-14(20)5-6-17-8-13(19)11-4-3-10(15)7-12(11)16/h3-4,7,9,13,17,19H,5-6,8H2,1-2H3,(H,18,20). The topological polar surface area (TPSA) is 61.4 Å². The van der Waals surface area contributed by atoms with Gasteiger partial charge in [-0.05, 0) is 19.9 Å². The van der Waals surface area contributed by atoms with Gasteiger partial charge in [-0.25, -0.2) is 8.78 Å². The molecule has 0 aliphatic carbocycles. The normalized spacial score (nSPS) is 12.5. The maximum atomic E-state index is 13.4. The van der Waals surface area contributed by atoms with Crippen LogP contribution in [0.3, 0.4) is 0 Å². The van der Waals surface area contributed by atoms with Gasteiger partial charge in [0.1, 0.15) is 11.6 Å². The molecule has 1 aromatic carbocycles. The number of halogens is 2. The molecule has 0 aliphatic rings. The fourth-order valence-electron chi connectivity index (χ4n) is 1.72. The maximum Gasteiger partial charge on any atom is 0.221 e. The predicted octanol–water partition coefficient (Wildman–Crippen LogP) is 1.50. The lowest BCUT2D eigenvalue weighted by Gasteiger charge is -2.13. The van der Waals surface area contributed by atoms with Gasteiger partial charge in [0, 0.05) is 37.2 Å². The molecule has 1 rings (SSSR count). The Hall–Kier alpha value is -1.53. The minimum Gasteiger partial charge on any atom is -0.387 e. The molecule has 1 aromatic rings. The van der Waals surface area contributed by atoms with Gasteiger partial charge in [-0.2, -0.15) is 0 Å². The molecule has 1 amide bonds. The molecule has 0 radical (unpaired) electrons. The minimum atomic E-state index is -1.08. The molecule has 0 heterocycles. The summed E-state index contributed by atoms with van der Waals surface area (Å²) in [5.74, 6) is -1.55. The molecule has 20 heavy (non-hydrogen) atoms. The van der Waals surface area contributed by atoms with E-state index in [1.54, 1.807) is 0 Å². The molecule has 1 unspecified atom stereocenters. The van der Waals surface area contributed by atoms with Crippen LogP contribution in [0.15, 0.2) is 18.2 Å². The van der Waals surface area contributed by atoms with E-state index < -0.39 is 17.7 Å². The van der Waals surface area contributed by atoms with Crippen molar-refractivity contribution in [1.82, 2.24) is 10.6 Å². The van der Waals surface area contributed by atoms with Gasteiger partial charge in [0.15, 0.2) is 0 Å². The SMILES string of the molecule is CC(C)NC(=O)CCNCC(O)c1ccc(F)cc1F. The van der Waals surface area contributed by atoms with Gasteiger partial charge in [-0.15, -0.1) is 0 Å². The van der Waals surface area contributed by atoms with E-state index in [-0.39, 0.29) is 30.5 Å².